The van der Waals surface area contributed by atoms with E-state index in [0.29, 0.717) is 6.04 Å². The number of nitrogens with zero attached hydrogens (tertiary/aromatic N) is 2. The van der Waals surface area contributed by atoms with Crippen LogP contribution >= 0.6 is 0 Å². The Labute approximate surface area is 92.2 Å². The highest BCUT2D eigenvalue weighted by Gasteiger charge is 2.13. The lowest BCUT2D eigenvalue weighted by Gasteiger charge is -2.15. The van der Waals surface area contributed by atoms with E-state index in [0.717, 1.165) is 12.8 Å². The Morgan fingerprint density at radius 3 is 2.87 bits per heavy atom. The molecule has 1 heterocycles. The zero-order chi connectivity index (χ0) is 11.3. The molecule has 1 rings (SSSR count). The second kappa shape index (κ2) is 5.71. The fraction of sp³-hybridized carbons (Fsp3) is 0.583. The van der Waals surface area contributed by atoms with Gasteiger partial charge in [-0.1, -0.05) is 6.08 Å². The number of hydrogen-bond acceptors (Lipinski definition) is 2. The monoisotopic (exact) mass is 207 g/mol. The summed E-state index contributed by atoms with van der Waals surface area (Å²) in [5, 5.41) is 7.61. The summed E-state index contributed by atoms with van der Waals surface area (Å²) >= 11 is 0. The minimum absolute atomic E-state index is 0.415. The lowest BCUT2D eigenvalue weighted by molar-refractivity contribution is 0.526. The van der Waals surface area contributed by atoms with Crippen LogP contribution in [-0.4, -0.2) is 16.8 Å². The molecular formula is C12H21N3. The molecule has 1 N–H and O–H groups in total. The predicted molar refractivity (Wildman–Crippen MR) is 63.8 cm³/mol. The topological polar surface area (TPSA) is 29.9 Å². The first-order chi connectivity index (χ1) is 7.20. The maximum absolute atomic E-state index is 4.27. The van der Waals surface area contributed by atoms with Gasteiger partial charge in [-0.15, -0.1) is 6.58 Å². The largest absolute Gasteiger partial charge is 0.313 e. The molecule has 0 saturated heterocycles. The Hall–Kier alpha value is -1.09. The number of rotatable bonds is 6. The number of allylic oxidation sites excluding steroid dienone is 1. The molecule has 0 amide bonds. The molecule has 3 heteroatoms. The Kier molecular flexibility index (Phi) is 4.56. The number of hydrogen-bond donors (Lipinski definition) is 1. The van der Waals surface area contributed by atoms with Gasteiger partial charge in [0.25, 0.3) is 0 Å². The van der Waals surface area contributed by atoms with Crippen LogP contribution in [0.4, 0.5) is 0 Å². The Bertz CT molecular complexity index is 315. The molecule has 0 aromatic carbocycles. The molecule has 1 atom stereocenters. The molecule has 0 saturated carbocycles. The van der Waals surface area contributed by atoms with Gasteiger partial charge in [0.15, 0.2) is 0 Å². The van der Waals surface area contributed by atoms with E-state index in [9.17, 15) is 0 Å². The highest BCUT2D eigenvalue weighted by atomic mass is 15.3. The zero-order valence-corrected chi connectivity index (χ0v) is 9.95. The van der Waals surface area contributed by atoms with Crippen molar-refractivity contribution in [2.24, 2.45) is 7.05 Å². The van der Waals surface area contributed by atoms with Crippen LogP contribution in [0.25, 0.3) is 0 Å². The van der Waals surface area contributed by atoms with Crippen LogP contribution in [0.1, 0.15) is 36.6 Å². The van der Waals surface area contributed by atoms with Crippen molar-refractivity contribution in [1.29, 1.82) is 0 Å². The van der Waals surface area contributed by atoms with Crippen molar-refractivity contribution in [2.45, 2.75) is 32.2 Å². The highest BCUT2D eigenvalue weighted by molar-refractivity contribution is 5.20. The molecule has 1 aromatic heterocycles. The Morgan fingerprint density at radius 1 is 1.67 bits per heavy atom. The van der Waals surface area contributed by atoms with Gasteiger partial charge in [-0.3, -0.25) is 4.68 Å². The number of aromatic nitrogens is 2. The smallest absolute Gasteiger partial charge is 0.0540 e. The van der Waals surface area contributed by atoms with Gasteiger partial charge >= 0.3 is 0 Å². The molecular weight excluding hydrogens is 186 g/mol. The summed E-state index contributed by atoms with van der Waals surface area (Å²) in [5.41, 5.74) is 2.55. The molecule has 0 radical (unpaired) electrons. The van der Waals surface area contributed by atoms with Gasteiger partial charge in [0, 0.05) is 24.3 Å². The third-order valence-electron chi connectivity index (χ3n) is 2.90. The summed E-state index contributed by atoms with van der Waals surface area (Å²) in [4.78, 5) is 0. The minimum atomic E-state index is 0.415. The Morgan fingerprint density at radius 2 is 2.40 bits per heavy atom. The van der Waals surface area contributed by atoms with E-state index in [1.165, 1.54) is 17.7 Å². The summed E-state index contributed by atoms with van der Waals surface area (Å²) < 4.78 is 1.92. The minimum Gasteiger partial charge on any atom is -0.313 e. The van der Waals surface area contributed by atoms with Crippen molar-refractivity contribution in [2.75, 3.05) is 7.05 Å². The summed E-state index contributed by atoms with van der Waals surface area (Å²) in [6.07, 6.45) is 7.32. The van der Waals surface area contributed by atoms with E-state index >= 15 is 0 Å². The fourth-order valence-electron chi connectivity index (χ4n) is 1.78. The number of unbranched alkanes of at least 4 members (excludes halogenated alkanes) is 1. The first kappa shape index (κ1) is 12.0. The maximum Gasteiger partial charge on any atom is 0.0540 e. The van der Waals surface area contributed by atoms with Crippen molar-refractivity contribution in [3.05, 3.63) is 30.1 Å². The lowest BCUT2D eigenvalue weighted by Crippen LogP contribution is -2.16. The third kappa shape index (κ3) is 2.93. The van der Waals surface area contributed by atoms with Gasteiger partial charge in [0.05, 0.1) is 6.20 Å². The summed E-state index contributed by atoms with van der Waals surface area (Å²) in [6, 6.07) is 0.415. The van der Waals surface area contributed by atoms with Crippen molar-refractivity contribution in [1.82, 2.24) is 15.1 Å². The quantitative estimate of drug-likeness (QED) is 0.573. The Balaban J connectivity index is 2.65. The molecule has 0 spiro atoms. The molecule has 0 bridgehead atoms. The van der Waals surface area contributed by atoms with E-state index in [1.807, 2.05) is 31.1 Å². The number of aryl methyl sites for hydroxylation is 1. The van der Waals surface area contributed by atoms with Gasteiger partial charge in [0.2, 0.25) is 0 Å². The van der Waals surface area contributed by atoms with E-state index < -0.39 is 0 Å². The van der Waals surface area contributed by atoms with E-state index in [4.69, 9.17) is 0 Å². The molecule has 1 aromatic rings. The average molecular weight is 207 g/mol. The second-order valence-corrected chi connectivity index (χ2v) is 3.87. The van der Waals surface area contributed by atoms with Crippen LogP contribution in [0.15, 0.2) is 18.9 Å². The van der Waals surface area contributed by atoms with Gasteiger partial charge in [-0.2, -0.15) is 5.10 Å². The van der Waals surface area contributed by atoms with Crippen molar-refractivity contribution in [3.63, 3.8) is 0 Å². The van der Waals surface area contributed by atoms with Crippen LogP contribution in [0.2, 0.25) is 0 Å². The lowest BCUT2D eigenvalue weighted by atomic mass is 10.0. The van der Waals surface area contributed by atoms with E-state index in [-0.39, 0.29) is 0 Å². The standard InChI is InChI=1S/C12H21N3/c1-5-6-7-8-12(13-3)11-9-14-15(4)10(11)2/h5,9,12-13H,1,6-8H2,2-4H3. The first-order valence-electron chi connectivity index (χ1n) is 5.47. The van der Waals surface area contributed by atoms with Crippen LogP contribution in [0.5, 0.6) is 0 Å². The fourth-order valence-corrected chi connectivity index (χ4v) is 1.78. The van der Waals surface area contributed by atoms with E-state index in [2.05, 4.69) is 23.9 Å². The molecule has 0 fully saturated rings. The van der Waals surface area contributed by atoms with Crippen LogP contribution in [-0.2, 0) is 7.05 Å². The molecule has 3 nitrogen and oxygen atoms in total. The molecule has 0 aliphatic rings. The maximum atomic E-state index is 4.27. The van der Waals surface area contributed by atoms with Crippen molar-refractivity contribution in [3.8, 4) is 0 Å². The SMILES string of the molecule is C=CCCCC(NC)c1cnn(C)c1C. The van der Waals surface area contributed by atoms with Crippen molar-refractivity contribution >= 4 is 0 Å². The third-order valence-corrected chi connectivity index (χ3v) is 2.90. The normalized spacial score (nSPS) is 12.7. The van der Waals surface area contributed by atoms with Crippen LogP contribution in [0.3, 0.4) is 0 Å². The average Bonchev–Trinajstić information content (AvgIpc) is 2.56. The molecule has 15 heavy (non-hydrogen) atoms. The first-order valence-corrected chi connectivity index (χ1v) is 5.47. The highest BCUT2D eigenvalue weighted by Crippen LogP contribution is 2.21. The molecule has 84 valence electrons. The number of nitrogens with one attached hydrogen (secondary N) is 1. The van der Waals surface area contributed by atoms with Gasteiger partial charge in [-0.25, -0.2) is 0 Å². The molecule has 1 unspecified atom stereocenters. The van der Waals surface area contributed by atoms with Gasteiger partial charge in [-0.05, 0) is 33.2 Å². The second-order valence-electron chi connectivity index (χ2n) is 3.87. The van der Waals surface area contributed by atoms with Crippen LogP contribution < -0.4 is 5.32 Å². The van der Waals surface area contributed by atoms with Gasteiger partial charge < -0.3 is 5.32 Å². The summed E-state index contributed by atoms with van der Waals surface area (Å²) in [6.45, 7) is 5.85. The molecule has 0 aliphatic heterocycles. The molecule has 0 aliphatic carbocycles. The van der Waals surface area contributed by atoms with E-state index in [1.54, 1.807) is 0 Å². The van der Waals surface area contributed by atoms with Gasteiger partial charge in [0.1, 0.15) is 0 Å². The summed E-state index contributed by atoms with van der Waals surface area (Å²) in [5.74, 6) is 0. The van der Waals surface area contributed by atoms with Crippen LogP contribution in [0, 0.1) is 6.92 Å². The summed E-state index contributed by atoms with van der Waals surface area (Å²) in [7, 11) is 3.99. The predicted octanol–water partition coefficient (Wildman–Crippen LogP) is 2.35. The van der Waals surface area contributed by atoms with Crippen molar-refractivity contribution < 1.29 is 0 Å². The zero-order valence-electron chi connectivity index (χ0n) is 9.95.